The van der Waals surface area contributed by atoms with Gasteiger partial charge in [-0.25, -0.2) is 8.78 Å². The smallest absolute Gasteiger partial charge is 0.251 e. The highest BCUT2D eigenvalue weighted by Crippen LogP contribution is 2.18. The van der Waals surface area contributed by atoms with Crippen LogP contribution in [0.4, 0.5) is 8.78 Å². The van der Waals surface area contributed by atoms with Gasteiger partial charge in [-0.15, -0.1) is 11.8 Å². The first-order valence-electron chi connectivity index (χ1n) is 6.57. The zero-order valence-electron chi connectivity index (χ0n) is 11.3. The van der Waals surface area contributed by atoms with E-state index in [4.69, 9.17) is 0 Å². The van der Waals surface area contributed by atoms with Crippen LogP contribution in [0.5, 0.6) is 0 Å². The largest absolute Gasteiger partial charge is 0.352 e. The van der Waals surface area contributed by atoms with Gasteiger partial charge in [0.2, 0.25) is 0 Å². The number of halogens is 2. The fourth-order valence-corrected chi connectivity index (χ4v) is 2.55. The van der Waals surface area contributed by atoms with E-state index in [2.05, 4.69) is 5.32 Å². The highest BCUT2D eigenvalue weighted by molar-refractivity contribution is 7.99. The van der Waals surface area contributed by atoms with Crippen LogP contribution in [-0.2, 0) is 0 Å². The van der Waals surface area contributed by atoms with Crippen molar-refractivity contribution in [3.8, 4) is 0 Å². The Morgan fingerprint density at radius 2 is 1.52 bits per heavy atom. The third kappa shape index (κ3) is 5.19. The van der Waals surface area contributed by atoms with Crippen molar-refractivity contribution in [1.29, 1.82) is 0 Å². The van der Waals surface area contributed by atoms with Crippen molar-refractivity contribution in [3.63, 3.8) is 0 Å². The molecule has 0 radical (unpaired) electrons. The molecule has 0 aliphatic rings. The Morgan fingerprint density at radius 3 is 2.14 bits per heavy atom. The van der Waals surface area contributed by atoms with E-state index in [0.717, 1.165) is 17.1 Å². The summed E-state index contributed by atoms with van der Waals surface area (Å²) >= 11 is 1.61. The van der Waals surface area contributed by atoms with E-state index < -0.39 is 0 Å². The number of carbonyl (C=O) groups is 1. The van der Waals surface area contributed by atoms with Crippen LogP contribution >= 0.6 is 11.8 Å². The Kier molecular flexibility index (Phi) is 5.75. The molecule has 5 heteroatoms. The highest BCUT2D eigenvalue weighted by Gasteiger charge is 2.04. The molecule has 1 amide bonds. The SMILES string of the molecule is O=C(NCCCSc1ccc(F)cc1)c1ccc(F)cc1. The molecule has 2 nitrogen and oxygen atoms in total. The molecule has 0 heterocycles. The molecule has 0 aromatic heterocycles. The molecule has 0 bridgehead atoms. The molecule has 0 saturated heterocycles. The van der Waals surface area contributed by atoms with E-state index in [0.29, 0.717) is 12.1 Å². The van der Waals surface area contributed by atoms with Gasteiger partial charge in [0.1, 0.15) is 11.6 Å². The van der Waals surface area contributed by atoms with Crippen molar-refractivity contribution in [2.45, 2.75) is 11.3 Å². The predicted octanol–water partition coefficient (Wildman–Crippen LogP) is 3.88. The molecule has 0 saturated carbocycles. The Bertz CT molecular complexity index is 584. The number of amides is 1. The second kappa shape index (κ2) is 7.78. The van der Waals surface area contributed by atoms with Crippen LogP contribution in [0.15, 0.2) is 53.4 Å². The number of rotatable bonds is 6. The maximum atomic E-state index is 12.7. The molecule has 0 fully saturated rings. The summed E-state index contributed by atoms with van der Waals surface area (Å²) in [6.45, 7) is 0.546. The molecule has 0 atom stereocenters. The molecular weight excluding hydrogens is 292 g/mol. The number of benzene rings is 2. The van der Waals surface area contributed by atoms with Gasteiger partial charge in [0, 0.05) is 17.0 Å². The first-order valence-corrected chi connectivity index (χ1v) is 7.56. The second-order valence-electron chi connectivity index (χ2n) is 4.42. The summed E-state index contributed by atoms with van der Waals surface area (Å²) in [7, 11) is 0. The zero-order valence-corrected chi connectivity index (χ0v) is 12.1. The van der Waals surface area contributed by atoms with Gasteiger partial charge in [0.05, 0.1) is 0 Å². The maximum absolute atomic E-state index is 12.7. The minimum Gasteiger partial charge on any atom is -0.352 e. The van der Waals surface area contributed by atoms with Gasteiger partial charge in [-0.05, 0) is 60.7 Å². The topological polar surface area (TPSA) is 29.1 Å². The average Bonchev–Trinajstić information content (AvgIpc) is 2.49. The van der Waals surface area contributed by atoms with Crippen molar-refractivity contribution in [3.05, 3.63) is 65.7 Å². The summed E-state index contributed by atoms with van der Waals surface area (Å²) in [4.78, 5) is 12.7. The van der Waals surface area contributed by atoms with Crippen LogP contribution in [0.1, 0.15) is 16.8 Å². The van der Waals surface area contributed by atoms with E-state index >= 15 is 0 Å². The number of carbonyl (C=O) groups excluding carboxylic acids is 1. The van der Waals surface area contributed by atoms with Gasteiger partial charge in [0.25, 0.3) is 5.91 Å². The Hall–Kier alpha value is -1.88. The number of hydrogen-bond acceptors (Lipinski definition) is 2. The summed E-state index contributed by atoms with van der Waals surface area (Å²) in [6, 6.07) is 11.8. The van der Waals surface area contributed by atoms with Crippen molar-refractivity contribution in [2.24, 2.45) is 0 Å². The third-order valence-electron chi connectivity index (χ3n) is 2.80. The molecule has 0 aliphatic carbocycles. The molecule has 0 aliphatic heterocycles. The highest BCUT2D eigenvalue weighted by atomic mass is 32.2. The van der Waals surface area contributed by atoms with Gasteiger partial charge in [-0.2, -0.15) is 0 Å². The zero-order chi connectivity index (χ0) is 15.1. The molecule has 0 unspecified atom stereocenters. The third-order valence-corrected chi connectivity index (χ3v) is 3.89. The molecule has 2 aromatic carbocycles. The van der Waals surface area contributed by atoms with Gasteiger partial charge >= 0.3 is 0 Å². The second-order valence-corrected chi connectivity index (χ2v) is 5.59. The van der Waals surface area contributed by atoms with Crippen LogP contribution in [0.2, 0.25) is 0 Å². The van der Waals surface area contributed by atoms with Crippen LogP contribution in [0.25, 0.3) is 0 Å². The summed E-state index contributed by atoms with van der Waals surface area (Å²) < 4.78 is 25.5. The van der Waals surface area contributed by atoms with E-state index in [9.17, 15) is 13.6 Å². The minimum absolute atomic E-state index is 0.207. The number of nitrogens with one attached hydrogen (secondary N) is 1. The number of thioether (sulfide) groups is 1. The first kappa shape index (κ1) is 15.5. The standard InChI is InChI=1S/C16H15F2NOS/c17-13-4-2-12(3-5-13)16(20)19-10-1-11-21-15-8-6-14(18)7-9-15/h2-9H,1,10-11H2,(H,19,20). The lowest BCUT2D eigenvalue weighted by atomic mass is 10.2. The lowest BCUT2D eigenvalue weighted by molar-refractivity contribution is 0.0954. The van der Waals surface area contributed by atoms with Crippen LogP contribution < -0.4 is 5.32 Å². The van der Waals surface area contributed by atoms with Crippen LogP contribution in [-0.4, -0.2) is 18.2 Å². The molecule has 21 heavy (non-hydrogen) atoms. The van der Waals surface area contributed by atoms with E-state index in [1.807, 2.05) is 0 Å². The molecule has 1 N–H and O–H groups in total. The van der Waals surface area contributed by atoms with E-state index in [1.165, 1.54) is 36.4 Å². The van der Waals surface area contributed by atoms with Crippen molar-refractivity contribution in [1.82, 2.24) is 5.32 Å². The Labute approximate surface area is 126 Å². The fourth-order valence-electron chi connectivity index (χ4n) is 1.70. The normalized spacial score (nSPS) is 10.4. The van der Waals surface area contributed by atoms with Gasteiger partial charge in [-0.1, -0.05) is 0 Å². The Morgan fingerprint density at radius 1 is 0.952 bits per heavy atom. The quantitative estimate of drug-likeness (QED) is 0.648. The first-order chi connectivity index (χ1) is 10.1. The summed E-state index contributed by atoms with van der Waals surface area (Å²) in [5.74, 6) is 0.0185. The van der Waals surface area contributed by atoms with E-state index in [-0.39, 0.29) is 17.5 Å². The molecular formula is C16H15F2NOS. The monoisotopic (exact) mass is 307 g/mol. The van der Waals surface area contributed by atoms with Crippen molar-refractivity contribution in [2.75, 3.05) is 12.3 Å². The minimum atomic E-state index is -0.359. The van der Waals surface area contributed by atoms with Crippen molar-refractivity contribution < 1.29 is 13.6 Å². The predicted molar refractivity (Wildman–Crippen MR) is 80.5 cm³/mol. The molecule has 2 rings (SSSR count). The van der Waals surface area contributed by atoms with Gasteiger partial charge < -0.3 is 5.32 Å². The Balaban J connectivity index is 1.66. The fraction of sp³-hybridized carbons (Fsp3) is 0.188. The molecule has 0 spiro atoms. The lowest BCUT2D eigenvalue weighted by Crippen LogP contribution is -2.24. The lowest BCUT2D eigenvalue weighted by Gasteiger charge is -2.05. The molecule has 110 valence electrons. The van der Waals surface area contributed by atoms with Crippen LogP contribution in [0, 0.1) is 11.6 Å². The van der Waals surface area contributed by atoms with Crippen LogP contribution in [0.3, 0.4) is 0 Å². The van der Waals surface area contributed by atoms with Gasteiger partial charge in [-0.3, -0.25) is 4.79 Å². The van der Waals surface area contributed by atoms with Gasteiger partial charge in [0.15, 0.2) is 0 Å². The average molecular weight is 307 g/mol. The number of hydrogen-bond donors (Lipinski definition) is 1. The summed E-state index contributed by atoms with van der Waals surface area (Å²) in [6.07, 6.45) is 0.801. The summed E-state index contributed by atoms with van der Waals surface area (Å²) in [5.41, 5.74) is 0.447. The maximum Gasteiger partial charge on any atom is 0.251 e. The van der Waals surface area contributed by atoms with Crippen molar-refractivity contribution >= 4 is 17.7 Å². The summed E-state index contributed by atoms with van der Waals surface area (Å²) in [5, 5.41) is 2.78. The molecule has 2 aromatic rings. The van der Waals surface area contributed by atoms with E-state index in [1.54, 1.807) is 23.9 Å².